The van der Waals surface area contributed by atoms with Crippen LogP contribution in [0.3, 0.4) is 0 Å². The summed E-state index contributed by atoms with van der Waals surface area (Å²) in [4.78, 5) is 4.17. The number of nitriles is 1. The number of thioether (sulfide) groups is 1. The lowest BCUT2D eigenvalue weighted by Crippen LogP contribution is -2.31. The Bertz CT molecular complexity index is 471. The molecule has 0 saturated carbocycles. The fraction of sp³-hybridized carbons (Fsp3) is 0.200. The lowest BCUT2D eigenvalue weighted by atomic mass is 9.77. The molecule has 0 aliphatic heterocycles. The van der Waals surface area contributed by atoms with Crippen LogP contribution in [-0.2, 0) is 0 Å². The van der Waals surface area contributed by atoms with Crippen LogP contribution in [0.15, 0.2) is 23.2 Å². The van der Waals surface area contributed by atoms with Crippen molar-refractivity contribution in [2.75, 3.05) is 6.26 Å². The molecular formula is C10H12BN3O2S. The minimum Gasteiger partial charge on any atom is -0.423 e. The van der Waals surface area contributed by atoms with Crippen LogP contribution < -0.4 is 10.8 Å². The van der Waals surface area contributed by atoms with Crippen molar-refractivity contribution in [1.82, 2.24) is 5.32 Å². The van der Waals surface area contributed by atoms with Crippen LogP contribution in [0.2, 0.25) is 0 Å². The number of benzene rings is 1. The van der Waals surface area contributed by atoms with Crippen LogP contribution in [-0.4, -0.2) is 28.6 Å². The first-order chi connectivity index (χ1) is 8.08. The molecule has 0 fully saturated rings. The molecule has 0 heterocycles. The minimum atomic E-state index is -1.52. The number of hydrogen-bond donors (Lipinski definition) is 3. The van der Waals surface area contributed by atoms with Crippen LogP contribution in [0, 0.1) is 18.4 Å². The van der Waals surface area contributed by atoms with Crippen molar-refractivity contribution in [2.24, 2.45) is 4.99 Å². The lowest BCUT2D eigenvalue weighted by molar-refractivity contribution is 0.425. The summed E-state index contributed by atoms with van der Waals surface area (Å²) in [6, 6.07) is 5.07. The Morgan fingerprint density at radius 1 is 1.53 bits per heavy atom. The summed E-state index contributed by atoms with van der Waals surface area (Å²) in [6.07, 6.45) is 3.58. The van der Waals surface area contributed by atoms with Crippen molar-refractivity contribution in [1.29, 1.82) is 5.26 Å². The number of amidine groups is 1. The average molecular weight is 249 g/mol. The van der Waals surface area contributed by atoms with Gasteiger partial charge in [0, 0.05) is 0 Å². The van der Waals surface area contributed by atoms with E-state index in [1.807, 2.05) is 0 Å². The van der Waals surface area contributed by atoms with Crippen molar-refractivity contribution in [2.45, 2.75) is 6.92 Å². The predicted octanol–water partition coefficient (Wildman–Crippen LogP) is 0.0960. The molecule has 0 bridgehead atoms. The molecule has 0 saturated heterocycles. The van der Waals surface area contributed by atoms with E-state index in [1.165, 1.54) is 11.8 Å². The third-order valence-corrected chi connectivity index (χ3v) is 2.71. The van der Waals surface area contributed by atoms with Gasteiger partial charge in [-0.25, -0.2) is 4.99 Å². The van der Waals surface area contributed by atoms with E-state index in [4.69, 9.17) is 15.3 Å². The van der Waals surface area contributed by atoms with Gasteiger partial charge in [-0.1, -0.05) is 23.4 Å². The van der Waals surface area contributed by atoms with E-state index in [-0.39, 0.29) is 0 Å². The molecular weight excluding hydrogens is 237 g/mol. The van der Waals surface area contributed by atoms with E-state index < -0.39 is 7.12 Å². The third-order valence-electron chi connectivity index (χ3n) is 2.13. The zero-order valence-electron chi connectivity index (χ0n) is 9.51. The molecule has 17 heavy (non-hydrogen) atoms. The fourth-order valence-electron chi connectivity index (χ4n) is 1.27. The van der Waals surface area contributed by atoms with Gasteiger partial charge in [0.25, 0.3) is 0 Å². The van der Waals surface area contributed by atoms with Crippen molar-refractivity contribution in [3.05, 3.63) is 23.8 Å². The Morgan fingerprint density at radius 2 is 2.24 bits per heavy atom. The minimum absolute atomic E-state index is 0.406. The van der Waals surface area contributed by atoms with E-state index in [0.717, 1.165) is 5.56 Å². The number of nitrogens with one attached hydrogen (secondary N) is 1. The van der Waals surface area contributed by atoms with E-state index >= 15 is 0 Å². The Hall–Kier alpha value is -1.49. The van der Waals surface area contributed by atoms with Crippen LogP contribution in [0.25, 0.3) is 0 Å². The SMILES string of the molecule is CSC(=Nc1ccc(C)c(B(O)O)c1)NC#N. The Labute approximate surface area is 104 Å². The molecule has 0 atom stereocenters. The Kier molecular flexibility index (Phi) is 5.03. The molecule has 0 radical (unpaired) electrons. The summed E-state index contributed by atoms with van der Waals surface area (Å²) in [6.45, 7) is 1.78. The standard InChI is InChI=1S/C10H12BN3O2S/c1-7-3-4-8(5-9(7)11(15)16)14-10(17-2)13-6-12/h3-5,15-16H,1-2H3,(H,13,14). The zero-order valence-corrected chi connectivity index (χ0v) is 10.3. The van der Waals surface area contributed by atoms with Crippen LogP contribution in [0.5, 0.6) is 0 Å². The van der Waals surface area contributed by atoms with Crippen molar-refractivity contribution in [3.8, 4) is 6.19 Å². The first-order valence-electron chi connectivity index (χ1n) is 4.83. The normalized spacial score (nSPS) is 10.9. The molecule has 5 nitrogen and oxygen atoms in total. The highest BCUT2D eigenvalue weighted by Crippen LogP contribution is 2.13. The second-order valence-corrected chi connectivity index (χ2v) is 4.07. The maximum atomic E-state index is 9.16. The highest BCUT2D eigenvalue weighted by atomic mass is 32.2. The van der Waals surface area contributed by atoms with Gasteiger partial charge in [0.2, 0.25) is 0 Å². The van der Waals surface area contributed by atoms with E-state index in [0.29, 0.717) is 16.3 Å². The maximum absolute atomic E-state index is 9.16. The highest BCUT2D eigenvalue weighted by Gasteiger charge is 2.14. The largest absolute Gasteiger partial charge is 0.488 e. The van der Waals surface area contributed by atoms with Crippen molar-refractivity contribution in [3.63, 3.8) is 0 Å². The van der Waals surface area contributed by atoms with Crippen LogP contribution in [0.4, 0.5) is 5.69 Å². The van der Waals surface area contributed by atoms with Crippen LogP contribution in [0.1, 0.15) is 5.56 Å². The molecule has 7 heteroatoms. The number of rotatable bonds is 2. The summed E-state index contributed by atoms with van der Waals surface area (Å²) >= 11 is 1.30. The molecule has 1 aromatic carbocycles. The van der Waals surface area contributed by atoms with E-state index in [9.17, 15) is 0 Å². The molecule has 0 amide bonds. The van der Waals surface area contributed by atoms with Crippen molar-refractivity contribution >= 4 is 35.2 Å². The van der Waals surface area contributed by atoms with Gasteiger partial charge < -0.3 is 10.0 Å². The monoisotopic (exact) mass is 249 g/mol. The molecule has 1 aromatic rings. The van der Waals surface area contributed by atoms with E-state index in [1.54, 1.807) is 37.6 Å². The quantitative estimate of drug-likeness (QED) is 0.227. The predicted molar refractivity (Wildman–Crippen MR) is 70.4 cm³/mol. The molecule has 0 aliphatic carbocycles. The van der Waals surface area contributed by atoms with Gasteiger partial charge in [-0.2, -0.15) is 5.26 Å². The van der Waals surface area contributed by atoms with Gasteiger partial charge >= 0.3 is 7.12 Å². The molecule has 0 aromatic heterocycles. The number of aryl methyl sites for hydroxylation is 1. The van der Waals surface area contributed by atoms with E-state index in [2.05, 4.69) is 10.3 Å². The summed E-state index contributed by atoms with van der Waals surface area (Å²) in [5.74, 6) is 0. The van der Waals surface area contributed by atoms with Gasteiger partial charge in [-0.05, 0) is 30.8 Å². The second kappa shape index (κ2) is 6.30. The number of nitrogens with zero attached hydrogens (tertiary/aromatic N) is 2. The first-order valence-corrected chi connectivity index (χ1v) is 6.05. The smallest absolute Gasteiger partial charge is 0.423 e. The number of aliphatic imine (C=N–C) groups is 1. The summed E-state index contributed by atoms with van der Waals surface area (Å²) in [5, 5.41) is 29.7. The third kappa shape index (κ3) is 3.78. The van der Waals surface area contributed by atoms with Gasteiger partial charge in [0.15, 0.2) is 11.4 Å². The zero-order chi connectivity index (χ0) is 12.8. The summed E-state index contributed by atoms with van der Waals surface area (Å²) in [7, 11) is -1.52. The van der Waals surface area contributed by atoms with Gasteiger partial charge in [-0.3, -0.25) is 5.32 Å². The molecule has 3 N–H and O–H groups in total. The van der Waals surface area contributed by atoms with Crippen molar-refractivity contribution < 1.29 is 10.0 Å². The second-order valence-electron chi connectivity index (χ2n) is 3.27. The molecule has 0 aliphatic rings. The highest BCUT2D eigenvalue weighted by molar-refractivity contribution is 8.13. The molecule has 0 unspecified atom stereocenters. The lowest BCUT2D eigenvalue weighted by Gasteiger charge is -2.06. The van der Waals surface area contributed by atoms with Gasteiger partial charge in [-0.15, -0.1) is 0 Å². The van der Waals surface area contributed by atoms with Gasteiger partial charge in [0.05, 0.1) is 5.69 Å². The first kappa shape index (κ1) is 13.6. The topological polar surface area (TPSA) is 88.6 Å². The average Bonchev–Trinajstić information content (AvgIpc) is 2.30. The molecule has 88 valence electrons. The Morgan fingerprint density at radius 3 is 2.76 bits per heavy atom. The van der Waals surface area contributed by atoms with Gasteiger partial charge in [0.1, 0.15) is 0 Å². The van der Waals surface area contributed by atoms with Crippen LogP contribution >= 0.6 is 11.8 Å². The summed E-state index contributed by atoms with van der Waals surface area (Å²) in [5.41, 5.74) is 1.74. The molecule has 0 spiro atoms. The number of hydrogen-bond acceptors (Lipinski definition) is 5. The molecule has 1 rings (SSSR count). The fourth-order valence-corrected chi connectivity index (χ4v) is 1.61. The maximum Gasteiger partial charge on any atom is 0.488 e. The Balaban J connectivity index is 3.08. The summed E-state index contributed by atoms with van der Waals surface area (Å²) < 4.78 is 0.